The lowest BCUT2D eigenvalue weighted by atomic mass is 9.97. The molecule has 7 heteroatoms. The van der Waals surface area contributed by atoms with Crippen LogP contribution in [0.15, 0.2) is 18.2 Å². The normalized spacial score (nSPS) is 11.1. The van der Waals surface area contributed by atoms with Gasteiger partial charge in [0.05, 0.1) is 18.0 Å². The lowest BCUT2D eigenvalue weighted by Crippen LogP contribution is -2.10. The van der Waals surface area contributed by atoms with Crippen molar-refractivity contribution in [3.63, 3.8) is 0 Å². The second-order valence-corrected chi connectivity index (χ2v) is 5.01. The first-order valence-electron chi connectivity index (χ1n) is 7.15. The number of nitrogens with zero attached hydrogens (tertiary/aromatic N) is 3. The molecule has 22 heavy (non-hydrogen) atoms. The lowest BCUT2D eigenvalue weighted by molar-refractivity contribution is 0.0693. The number of aliphatic hydroxyl groups excluding tert-OH is 1. The Bertz CT molecular complexity index is 677. The van der Waals surface area contributed by atoms with Gasteiger partial charge in [-0.15, -0.1) is 5.10 Å². The van der Waals surface area contributed by atoms with E-state index in [0.717, 1.165) is 18.5 Å². The summed E-state index contributed by atoms with van der Waals surface area (Å²) >= 11 is 0. The van der Waals surface area contributed by atoms with E-state index in [1.54, 1.807) is 6.07 Å². The van der Waals surface area contributed by atoms with Gasteiger partial charge in [0.1, 0.15) is 17.0 Å². The largest absolute Gasteiger partial charge is 0.507 e. The molecule has 0 aliphatic heterocycles. The first-order valence-corrected chi connectivity index (χ1v) is 7.15. The molecule has 2 rings (SSSR count). The van der Waals surface area contributed by atoms with E-state index in [-0.39, 0.29) is 23.8 Å². The Labute approximate surface area is 127 Å². The SMILES string of the molecule is CCC(CC)c1c(CO)nnn1-c1ccc(O)c(C(=O)O)c1. The number of aromatic hydroxyl groups is 1. The van der Waals surface area contributed by atoms with Crippen molar-refractivity contribution in [2.75, 3.05) is 0 Å². The van der Waals surface area contributed by atoms with Gasteiger partial charge in [-0.3, -0.25) is 0 Å². The summed E-state index contributed by atoms with van der Waals surface area (Å²) in [6.45, 7) is 3.84. The minimum Gasteiger partial charge on any atom is -0.507 e. The van der Waals surface area contributed by atoms with Crippen molar-refractivity contribution in [3.05, 3.63) is 35.2 Å². The number of hydrogen-bond acceptors (Lipinski definition) is 5. The molecule has 118 valence electrons. The van der Waals surface area contributed by atoms with E-state index in [9.17, 15) is 15.0 Å². The van der Waals surface area contributed by atoms with Crippen molar-refractivity contribution in [1.82, 2.24) is 15.0 Å². The highest BCUT2D eigenvalue weighted by Crippen LogP contribution is 2.29. The minimum absolute atomic E-state index is 0.152. The average Bonchev–Trinajstić information content (AvgIpc) is 2.93. The molecule has 0 spiro atoms. The fourth-order valence-electron chi connectivity index (χ4n) is 2.53. The van der Waals surface area contributed by atoms with Crippen LogP contribution in [0, 0.1) is 0 Å². The number of carboxylic acids is 1. The third-order valence-electron chi connectivity index (χ3n) is 3.76. The topological polar surface area (TPSA) is 108 Å². The Kier molecular flexibility index (Phi) is 4.77. The van der Waals surface area contributed by atoms with Crippen LogP contribution in [-0.2, 0) is 6.61 Å². The summed E-state index contributed by atoms with van der Waals surface area (Å²) in [7, 11) is 0. The van der Waals surface area contributed by atoms with Crippen LogP contribution in [0.25, 0.3) is 5.69 Å². The maximum atomic E-state index is 11.2. The number of aromatic carboxylic acids is 1. The van der Waals surface area contributed by atoms with Gasteiger partial charge in [0.15, 0.2) is 0 Å². The molecule has 0 amide bonds. The van der Waals surface area contributed by atoms with Gasteiger partial charge in [-0.2, -0.15) is 0 Å². The molecule has 0 saturated heterocycles. The van der Waals surface area contributed by atoms with Gasteiger partial charge in [-0.25, -0.2) is 9.48 Å². The van der Waals surface area contributed by atoms with E-state index in [1.807, 2.05) is 13.8 Å². The van der Waals surface area contributed by atoms with Gasteiger partial charge in [-0.05, 0) is 31.0 Å². The fraction of sp³-hybridized carbons (Fsp3) is 0.400. The smallest absolute Gasteiger partial charge is 0.339 e. The quantitative estimate of drug-likeness (QED) is 0.754. The summed E-state index contributed by atoms with van der Waals surface area (Å²) in [6, 6.07) is 4.23. The third kappa shape index (κ3) is 2.80. The van der Waals surface area contributed by atoms with E-state index in [1.165, 1.54) is 16.8 Å². The maximum absolute atomic E-state index is 11.2. The van der Waals surface area contributed by atoms with Crippen LogP contribution in [-0.4, -0.2) is 36.3 Å². The zero-order valence-electron chi connectivity index (χ0n) is 12.5. The molecular weight excluding hydrogens is 286 g/mol. The molecule has 0 bridgehead atoms. The van der Waals surface area contributed by atoms with Crippen LogP contribution in [0.3, 0.4) is 0 Å². The molecule has 1 heterocycles. The molecule has 0 unspecified atom stereocenters. The van der Waals surface area contributed by atoms with Crippen LogP contribution in [0.1, 0.15) is 54.4 Å². The number of phenols is 1. The lowest BCUT2D eigenvalue weighted by Gasteiger charge is -2.16. The predicted octanol–water partition coefficient (Wildman–Crippen LogP) is 2.07. The molecule has 0 saturated carbocycles. The second kappa shape index (κ2) is 6.57. The fourth-order valence-corrected chi connectivity index (χ4v) is 2.53. The van der Waals surface area contributed by atoms with Crippen molar-refractivity contribution in [2.45, 2.75) is 39.2 Å². The molecule has 7 nitrogen and oxygen atoms in total. The highest BCUT2D eigenvalue weighted by atomic mass is 16.4. The van der Waals surface area contributed by atoms with E-state index in [2.05, 4.69) is 10.3 Å². The molecule has 1 aromatic heterocycles. The van der Waals surface area contributed by atoms with E-state index in [0.29, 0.717) is 11.4 Å². The van der Waals surface area contributed by atoms with Gasteiger partial charge in [0.25, 0.3) is 0 Å². The highest BCUT2D eigenvalue weighted by Gasteiger charge is 2.21. The van der Waals surface area contributed by atoms with E-state index >= 15 is 0 Å². The second-order valence-electron chi connectivity index (χ2n) is 5.01. The van der Waals surface area contributed by atoms with Crippen molar-refractivity contribution < 1.29 is 20.1 Å². The Hall–Kier alpha value is -2.41. The monoisotopic (exact) mass is 305 g/mol. The molecule has 0 aliphatic carbocycles. The number of carbonyl (C=O) groups is 1. The van der Waals surface area contributed by atoms with Crippen molar-refractivity contribution in [2.24, 2.45) is 0 Å². The van der Waals surface area contributed by atoms with Gasteiger partial charge < -0.3 is 15.3 Å². The van der Waals surface area contributed by atoms with Crippen LogP contribution in [0.4, 0.5) is 0 Å². The highest BCUT2D eigenvalue weighted by molar-refractivity contribution is 5.91. The maximum Gasteiger partial charge on any atom is 0.339 e. The zero-order chi connectivity index (χ0) is 16.3. The molecule has 0 fully saturated rings. The number of hydrogen-bond donors (Lipinski definition) is 3. The Balaban J connectivity index is 2.60. The molecular formula is C15H19N3O4. The van der Waals surface area contributed by atoms with Crippen LogP contribution in [0.5, 0.6) is 5.75 Å². The number of benzene rings is 1. The Morgan fingerprint density at radius 1 is 1.32 bits per heavy atom. The first kappa shape index (κ1) is 16.0. The summed E-state index contributed by atoms with van der Waals surface area (Å²) in [4.78, 5) is 11.2. The minimum atomic E-state index is -1.22. The molecule has 0 aliphatic rings. The summed E-state index contributed by atoms with van der Waals surface area (Å²) in [6.07, 6.45) is 1.70. The van der Waals surface area contributed by atoms with Crippen molar-refractivity contribution >= 4 is 5.97 Å². The molecule has 0 atom stereocenters. The predicted molar refractivity (Wildman–Crippen MR) is 79.2 cm³/mol. The van der Waals surface area contributed by atoms with Gasteiger partial charge >= 0.3 is 5.97 Å². The molecule has 3 N–H and O–H groups in total. The van der Waals surface area contributed by atoms with E-state index in [4.69, 9.17) is 5.11 Å². The van der Waals surface area contributed by atoms with Crippen molar-refractivity contribution in [1.29, 1.82) is 0 Å². The molecule has 1 aromatic carbocycles. The summed E-state index contributed by atoms with van der Waals surface area (Å²) in [5.41, 5.74) is 1.55. The Morgan fingerprint density at radius 3 is 2.55 bits per heavy atom. The summed E-state index contributed by atoms with van der Waals surface area (Å²) in [5.74, 6) is -1.37. The van der Waals surface area contributed by atoms with Crippen LogP contribution < -0.4 is 0 Å². The summed E-state index contributed by atoms with van der Waals surface area (Å²) < 4.78 is 1.54. The number of aromatic nitrogens is 3. The Morgan fingerprint density at radius 2 is 2.00 bits per heavy atom. The zero-order valence-corrected chi connectivity index (χ0v) is 12.5. The van der Waals surface area contributed by atoms with Crippen LogP contribution in [0.2, 0.25) is 0 Å². The average molecular weight is 305 g/mol. The van der Waals surface area contributed by atoms with Gasteiger partial charge in [0, 0.05) is 5.92 Å². The first-order chi connectivity index (χ1) is 10.5. The third-order valence-corrected chi connectivity index (χ3v) is 3.76. The van der Waals surface area contributed by atoms with Gasteiger partial charge in [-0.1, -0.05) is 19.1 Å². The van der Waals surface area contributed by atoms with Crippen LogP contribution >= 0.6 is 0 Å². The molecule has 0 radical (unpaired) electrons. The van der Waals surface area contributed by atoms with Gasteiger partial charge in [0.2, 0.25) is 0 Å². The summed E-state index contributed by atoms with van der Waals surface area (Å²) in [5, 5.41) is 36.2. The van der Waals surface area contributed by atoms with E-state index < -0.39 is 5.97 Å². The standard InChI is InChI=1S/C15H19N3O4/c1-3-9(4-2)14-12(8-19)16-17-18(14)10-5-6-13(20)11(7-10)15(21)22/h5-7,9,19-20H,3-4,8H2,1-2H3,(H,21,22). The number of rotatable bonds is 6. The number of aliphatic hydroxyl groups is 1. The number of carboxylic acid groups (broad SMARTS) is 1. The molecule has 2 aromatic rings. The van der Waals surface area contributed by atoms with Crippen molar-refractivity contribution in [3.8, 4) is 11.4 Å².